The van der Waals surface area contributed by atoms with Crippen molar-refractivity contribution in [2.24, 2.45) is 5.92 Å². The number of carbonyl (C=O) groups excluding carboxylic acids is 1. The summed E-state index contributed by atoms with van der Waals surface area (Å²) in [6, 6.07) is 0. The third-order valence-corrected chi connectivity index (χ3v) is 3.81. The molecule has 0 saturated heterocycles. The van der Waals surface area contributed by atoms with Gasteiger partial charge in [-0.1, -0.05) is 19.3 Å². The minimum atomic E-state index is -3.75. The molecule has 1 aliphatic rings. The molecular formula is C10H18O5S. The van der Waals surface area contributed by atoms with E-state index < -0.39 is 16.3 Å². The van der Waals surface area contributed by atoms with E-state index in [4.69, 9.17) is 4.74 Å². The van der Waals surface area contributed by atoms with Gasteiger partial charge in [0, 0.05) is 0 Å². The van der Waals surface area contributed by atoms with Crippen LogP contribution in [0.3, 0.4) is 0 Å². The molecular weight excluding hydrogens is 232 g/mol. The van der Waals surface area contributed by atoms with Gasteiger partial charge in [0.25, 0.3) is 0 Å². The van der Waals surface area contributed by atoms with E-state index in [0.717, 1.165) is 25.7 Å². The maximum Gasteiger partial charge on any atom is 0.524 e. The van der Waals surface area contributed by atoms with Gasteiger partial charge < -0.3 is 8.92 Å². The van der Waals surface area contributed by atoms with Gasteiger partial charge in [-0.15, -0.1) is 0 Å². The topological polar surface area (TPSA) is 69.7 Å². The highest BCUT2D eigenvalue weighted by atomic mass is 32.2. The number of hydrogen-bond acceptors (Lipinski definition) is 5. The summed E-state index contributed by atoms with van der Waals surface area (Å²) in [5.41, 5.74) is 0. The van der Waals surface area contributed by atoms with E-state index in [-0.39, 0.29) is 12.4 Å². The fourth-order valence-electron chi connectivity index (χ4n) is 1.73. The molecule has 1 rings (SSSR count). The fraction of sp³-hybridized carbons (Fsp3) is 0.900. The third kappa shape index (κ3) is 4.83. The van der Waals surface area contributed by atoms with Crippen molar-refractivity contribution in [3.05, 3.63) is 0 Å². The molecule has 1 saturated carbocycles. The molecule has 5 nitrogen and oxygen atoms in total. The van der Waals surface area contributed by atoms with Gasteiger partial charge in [0.15, 0.2) is 0 Å². The Morgan fingerprint density at radius 1 is 1.25 bits per heavy atom. The second kappa shape index (κ2) is 6.08. The standard InChI is InChI=1S/C10H18O5S/c1-2-16(12,13)15-10(11)14-8-9-6-4-3-5-7-9/h9H,2-8H2,1H3. The highest BCUT2D eigenvalue weighted by Gasteiger charge is 2.19. The first-order valence-corrected chi connectivity index (χ1v) is 7.20. The van der Waals surface area contributed by atoms with Crippen molar-refractivity contribution in [2.45, 2.75) is 39.0 Å². The lowest BCUT2D eigenvalue weighted by atomic mass is 9.90. The summed E-state index contributed by atoms with van der Waals surface area (Å²) >= 11 is 0. The molecule has 94 valence electrons. The second-order valence-corrected chi connectivity index (χ2v) is 5.85. The molecule has 0 aliphatic heterocycles. The van der Waals surface area contributed by atoms with Crippen molar-refractivity contribution < 1.29 is 22.1 Å². The molecule has 0 atom stereocenters. The highest BCUT2D eigenvalue weighted by molar-refractivity contribution is 7.87. The van der Waals surface area contributed by atoms with E-state index >= 15 is 0 Å². The first-order valence-electron chi connectivity index (χ1n) is 5.62. The van der Waals surface area contributed by atoms with Gasteiger partial charge >= 0.3 is 16.3 Å². The van der Waals surface area contributed by atoms with Gasteiger partial charge in [-0.3, -0.25) is 0 Å². The Labute approximate surface area is 96.2 Å². The van der Waals surface area contributed by atoms with Crippen LogP contribution in [0.4, 0.5) is 4.79 Å². The Bertz CT molecular complexity index is 316. The Morgan fingerprint density at radius 3 is 2.44 bits per heavy atom. The van der Waals surface area contributed by atoms with Crippen molar-refractivity contribution in [1.29, 1.82) is 0 Å². The largest absolute Gasteiger partial charge is 0.524 e. The minimum absolute atomic E-state index is 0.231. The van der Waals surface area contributed by atoms with Crippen molar-refractivity contribution in [3.63, 3.8) is 0 Å². The van der Waals surface area contributed by atoms with Crippen LogP contribution in [0.25, 0.3) is 0 Å². The van der Waals surface area contributed by atoms with E-state index in [1.54, 1.807) is 0 Å². The van der Waals surface area contributed by atoms with Gasteiger partial charge in [-0.05, 0) is 25.7 Å². The van der Waals surface area contributed by atoms with Crippen molar-refractivity contribution in [2.75, 3.05) is 12.4 Å². The van der Waals surface area contributed by atoms with Crippen LogP contribution in [0.2, 0.25) is 0 Å². The van der Waals surface area contributed by atoms with Gasteiger partial charge in [0.2, 0.25) is 0 Å². The zero-order chi connectivity index (χ0) is 12.0. The summed E-state index contributed by atoms with van der Waals surface area (Å²) in [6.07, 6.45) is 4.49. The first kappa shape index (κ1) is 13.3. The van der Waals surface area contributed by atoms with Crippen LogP contribution in [0, 0.1) is 5.92 Å². The van der Waals surface area contributed by atoms with Crippen LogP contribution in [0.1, 0.15) is 39.0 Å². The quantitative estimate of drug-likeness (QED) is 0.564. The lowest BCUT2D eigenvalue weighted by Crippen LogP contribution is -2.20. The Balaban J connectivity index is 2.24. The smallest absolute Gasteiger partial charge is 0.433 e. The molecule has 0 unspecified atom stereocenters. The normalized spacial score (nSPS) is 18.1. The van der Waals surface area contributed by atoms with E-state index in [9.17, 15) is 13.2 Å². The van der Waals surface area contributed by atoms with Crippen LogP contribution in [-0.4, -0.2) is 26.9 Å². The molecule has 0 amide bonds. The summed E-state index contributed by atoms with van der Waals surface area (Å²) in [5, 5.41) is 0. The fourth-order valence-corrected chi connectivity index (χ4v) is 2.10. The number of carbonyl (C=O) groups is 1. The first-order chi connectivity index (χ1) is 7.53. The van der Waals surface area contributed by atoms with E-state index in [0.29, 0.717) is 5.92 Å². The van der Waals surface area contributed by atoms with Crippen LogP contribution >= 0.6 is 0 Å². The molecule has 0 aromatic rings. The molecule has 0 bridgehead atoms. The second-order valence-electron chi connectivity index (χ2n) is 3.99. The van der Waals surface area contributed by atoms with Crippen LogP contribution in [0.5, 0.6) is 0 Å². The van der Waals surface area contributed by atoms with Gasteiger partial charge in [-0.25, -0.2) is 4.79 Å². The van der Waals surface area contributed by atoms with Crippen LogP contribution in [0.15, 0.2) is 0 Å². The molecule has 0 N–H and O–H groups in total. The molecule has 0 aromatic carbocycles. The SMILES string of the molecule is CCS(=O)(=O)OC(=O)OCC1CCCCC1. The average Bonchev–Trinajstić information content (AvgIpc) is 2.27. The zero-order valence-corrected chi connectivity index (χ0v) is 10.3. The monoisotopic (exact) mass is 250 g/mol. The predicted molar refractivity (Wildman–Crippen MR) is 58.5 cm³/mol. The molecule has 16 heavy (non-hydrogen) atoms. The van der Waals surface area contributed by atoms with Gasteiger partial charge in [0.05, 0.1) is 12.4 Å². The lowest BCUT2D eigenvalue weighted by Gasteiger charge is -2.20. The minimum Gasteiger partial charge on any atom is -0.433 e. The van der Waals surface area contributed by atoms with E-state index in [1.807, 2.05) is 0 Å². The van der Waals surface area contributed by atoms with Crippen molar-refractivity contribution in [3.8, 4) is 0 Å². The maximum atomic E-state index is 11.0. The summed E-state index contributed by atoms with van der Waals surface area (Å²) < 4.78 is 30.8. The molecule has 0 spiro atoms. The summed E-state index contributed by atoms with van der Waals surface area (Å²) in [6.45, 7) is 1.67. The predicted octanol–water partition coefficient (Wildman–Crippen LogP) is 2.07. The van der Waals surface area contributed by atoms with Gasteiger partial charge in [-0.2, -0.15) is 8.42 Å². The Hall–Kier alpha value is -0.780. The Morgan fingerprint density at radius 2 is 1.88 bits per heavy atom. The highest BCUT2D eigenvalue weighted by Crippen LogP contribution is 2.23. The molecule has 0 aromatic heterocycles. The number of hydrogen-bond donors (Lipinski definition) is 0. The van der Waals surface area contributed by atoms with E-state index in [2.05, 4.69) is 4.18 Å². The molecule has 1 fully saturated rings. The summed E-state index contributed by atoms with van der Waals surface area (Å²) in [4.78, 5) is 11.0. The van der Waals surface area contributed by atoms with Crippen LogP contribution in [-0.2, 0) is 19.0 Å². The number of rotatable bonds is 4. The zero-order valence-electron chi connectivity index (χ0n) is 9.48. The van der Waals surface area contributed by atoms with E-state index in [1.165, 1.54) is 13.3 Å². The average molecular weight is 250 g/mol. The van der Waals surface area contributed by atoms with Crippen LogP contribution < -0.4 is 0 Å². The number of ether oxygens (including phenoxy) is 1. The maximum absolute atomic E-state index is 11.0. The molecule has 1 aliphatic carbocycles. The Kier molecular flexibility index (Phi) is 5.05. The lowest BCUT2D eigenvalue weighted by molar-refractivity contribution is 0.0788. The third-order valence-electron chi connectivity index (χ3n) is 2.71. The molecule has 6 heteroatoms. The summed E-state index contributed by atoms with van der Waals surface area (Å²) in [7, 11) is -3.75. The van der Waals surface area contributed by atoms with Crippen molar-refractivity contribution >= 4 is 16.3 Å². The van der Waals surface area contributed by atoms with Crippen molar-refractivity contribution in [1.82, 2.24) is 0 Å². The van der Waals surface area contributed by atoms with Gasteiger partial charge in [0.1, 0.15) is 0 Å². The molecule has 0 heterocycles. The molecule has 0 radical (unpaired) electrons. The summed E-state index contributed by atoms with van der Waals surface area (Å²) in [5.74, 6) is 0.122.